The van der Waals surface area contributed by atoms with Crippen LogP contribution in [0.3, 0.4) is 0 Å². The monoisotopic (exact) mass is 266 g/mol. The summed E-state index contributed by atoms with van der Waals surface area (Å²) in [4.78, 5) is 28.8. The Morgan fingerprint density at radius 2 is 2.05 bits per heavy atom. The van der Waals surface area contributed by atoms with Gasteiger partial charge in [0.15, 0.2) is 0 Å². The third-order valence-electron chi connectivity index (χ3n) is 3.97. The van der Waals surface area contributed by atoms with Crippen molar-refractivity contribution in [3.8, 4) is 0 Å². The normalized spacial score (nSPS) is 18.3. The lowest BCUT2D eigenvalue weighted by Gasteiger charge is -2.38. The third kappa shape index (κ3) is 2.74. The highest BCUT2D eigenvalue weighted by Gasteiger charge is 2.40. The summed E-state index contributed by atoms with van der Waals surface area (Å²) < 4.78 is 1.47. The van der Waals surface area contributed by atoms with E-state index < -0.39 is 11.4 Å². The molecule has 0 aliphatic carbocycles. The van der Waals surface area contributed by atoms with E-state index in [1.807, 2.05) is 6.92 Å². The van der Waals surface area contributed by atoms with Gasteiger partial charge in [-0.3, -0.25) is 9.59 Å². The lowest BCUT2D eigenvalue weighted by atomic mass is 9.76. The summed E-state index contributed by atoms with van der Waals surface area (Å²) in [7, 11) is 0. The molecule has 1 amide bonds. The predicted octanol–water partition coefficient (Wildman–Crippen LogP) is 0.381. The lowest BCUT2D eigenvalue weighted by Crippen LogP contribution is -2.47. The Kier molecular flexibility index (Phi) is 3.82. The zero-order chi connectivity index (χ0) is 13.9. The molecule has 0 saturated carbocycles. The van der Waals surface area contributed by atoms with E-state index in [0.717, 1.165) is 0 Å². The van der Waals surface area contributed by atoms with Crippen LogP contribution in [0.4, 0.5) is 0 Å². The Hall–Kier alpha value is -1.92. The van der Waals surface area contributed by atoms with Gasteiger partial charge in [-0.2, -0.15) is 5.10 Å². The summed E-state index contributed by atoms with van der Waals surface area (Å²) >= 11 is 0. The van der Waals surface area contributed by atoms with E-state index in [-0.39, 0.29) is 12.5 Å². The predicted molar refractivity (Wildman–Crippen MR) is 66.2 cm³/mol. The molecule has 7 nitrogen and oxygen atoms in total. The number of aromatic nitrogens is 3. The maximum Gasteiger partial charge on any atom is 0.309 e. The molecule has 0 spiro atoms. The van der Waals surface area contributed by atoms with Crippen LogP contribution >= 0.6 is 0 Å². The first-order valence-corrected chi connectivity index (χ1v) is 6.41. The average molecular weight is 266 g/mol. The van der Waals surface area contributed by atoms with Crippen LogP contribution in [0.2, 0.25) is 0 Å². The molecule has 19 heavy (non-hydrogen) atoms. The van der Waals surface area contributed by atoms with Crippen molar-refractivity contribution in [2.24, 2.45) is 5.41 Å². The van der Waals surface area contributed by atoms with Crippen molar-refractivity contribution in [1.82, 2.24) is 19.7 Å². The third-order valence-corrected chi connectivity index (χ3v) is 3.97. The molecule has 1 N–H and O–H groups in total. The number of nitrogens with zero attached hydrogens (tertiary/aromatic N) is 4. The van der Waals surface area contributed by atoms with E-state index in [2.05, 4.69) is 10.1 Å². The smallest absolute Gasteiger partial charge is 0.309 e. The topological polar surface area (TPSA) is 88.3 Å². The summed E-state index contributed by atoms with van der Waals surface area (Å²) in [5, 5.41) is 13.2. The second kappa shape index (κ2) is 5.38. The molecule has 1 aliphatic rings. The number of aliphatic carboxylic acids is 1. The molecule has 104 valence electrons. The number of carboxylic acids is 1. The van der Waals surface area contributed by atoms with Crippen molar-refractivity contribution in [3.63, 3.8) is 0 Å². The van der Waals surface area contributed by atoms with Crippen LogP contribution in [-0.4, -0.2) is 49.7 Å². The molecule has 7 heteroatoms. The number of carbonyl (C=O) groups excluding carboxylic acids is 1. The van der Waals surface area contributed by atoms with E-state index in [4.69, 9.17) is 0 Å². The zero-order valence-corrected chi connectivity index (χ0v) is 10.9. The summed E-state index contributed by atoms with van der Waals surface area (Å²) in [6, 6.07) is 0. The fourth-order valence-electron chi connectivity index (χ4n) is 2.46. The van der Waals surface area contributed by atoms with Gasteiger partial charge in [-0.05, 0) is 19.3 Å². The van der Waals surface area contributed by atoms with Gasteiger partial charge in [0.1, 0.15) is 19.2 Å². The Morgan fingerprint density at radius 3 is 2.53 bits per heavy atom. The molecule has 0 radical (unpaired) electrons. The summed E-state index contributed by atoms with van der Waals surface area (Å²) in [5.74, 6) is -0.793. The number of likely N-dealkylation sites (tertiary alicyclic amines) is 1. The second-order valence-electron chi connectivity index (χ2n) is 4.91. The van der Waals surface area contributed by atoms with Crippen LogP contribution in [0.1, 0.15) is 26.2 Å². The summed E-state index contributed by atoms with van der Waals surface area (Å²) in [6.07, 6.45) is 4.52. The molecule has 2 rings (SSSR count). The first-order chi connectivity index (χ1) is 9.07. The number of carbonyl (C=O) groups is 2. The highest BCUT2D eigenvalue weighted by Crippen LogP contribution is 2.35. The van der Waals surface area contributed by atoms with E-state index in [9.17, 15) is 14.7 Å². The highest BCUT2D eigenvalue weighted by atomic mass is 16.4. The lowest BCUT2D eigenvalue weighted by molar-refractivity contribution is -0.154. The van der Waals surface area contributed by atoms with Crippen LogP contribution in [0.5, 0.6) is 0 Å². The summed E-state index contributed by atoms with van der Waals surface area (Å²) in [6.45, 7) is 3.04. The molecule has 0 bridgehead atoms. The number of piperidine rings is 1. The Labute approximate surface area is 111 Å². The fraction of sp³-hybridized carbons (Fsp3) is 0.667. The average Bonchev–Trinajstić information content (AvgIpc) is 2.91. The van der Waals surface area contributed by atoms with Crippen molar-refractivity contribution in [3.05, 3.63) is 12.7 Å². The van der Waals surface area contributed by atoms with Gasteiger partial charge < -0.3 is 10.0 Å². The molecule has 1 aliphatic heterocycles. The largest absolute Gasteiger partial charge is 0.481 e. The van der Waals surface area contributed by atoms with E-state index >= 15 is 0 Å². The molecule has 1 fully saturated rings. The first kappa shape index (κ1) is 13.5. The number of hydrogen-bond donors (Lipinski definition) is 1. The number of amides is 1. The van der Waals surface area contributed by atoms with Gasteiger partial charge in [-0.1, -0.05) is 6.92 Å². The van der Waals surface area contributed by atoms with Gasteiger partial charge in [0.25, 0.3) is 0 Å². The van der Waals surface area contributed by atoms with Gasteiger partial charge in [0.05, 0.1) is 5.41 Å². The Balaban J connectivity index is 1.92. The standard InChI is InChI=1S/C12H18N4O3/c1-2-12(11(18)19)3-5-15(6-4-12)10(17)7-16-9-13-8-14-16/h8-9H,2-7H2,1H3,(H,18,19). The molecule has 0 aromatic carbocycles. The molecule has 1 aromatic heterocycles. The minimum atomic E-state index is -0.752. The van der Waals surface area contributed by atoms with Gasteiger partial charge in [0.2, 0.25) is 5.91 Å². The molecule has 1 saturated heterocycles. The van der Waals surface area contributed by atoms with Crippen molar-refractivity contribution < 1.29 is 14.7 Å². The minimum Gasteiger partial charge on any atom is -0.481 e. The zero-order valence-electron chi connectivity index (χ0n) is 10.9. The summed E-state index contributed by atoms with van der Waals surface area (Å²) in [5.41, 5.74) is -0.663. The van der Waals surface area contributed by atoms with Crippen LogP contribution in [0.15, 0.2) is 12.7 Å². The first-order valence-electron chi connectivity index (χ1n) is 6.41. The second-order valence-corrected chi connectivity index (χ2v) is 4.91. The Morgan fingerprint density at radius 1 is 1.37 bits per heavy atom. The molecule has 0 unspecified atom stereocenters. The number of carboxylic acid groups (broad SMARTS) is 1. The molecule has 0 atom stereocenters. The van der Waals surface area contributed by atoms with Crippen molar-refractivity contribution >= 4 is 11.9 Å². The molecular weight excluding hydrogens is 248 g/mol. The fourth-order valence-corrected chi connectivity index (χ4v) is 2.46. The highest BCUT2D eigenvalue weighted by molar-refractivity contribution is 5.78. The number of rotatable bonds is 4. The van der Waals surface area contributed by atoms with Crippen LogP contribution in [0.25, 0.3) is 0 Å². The Bertz CT molecular complexity index is 450. The quantitative estimate of drug-likeness (QED) is 0.851. The molecule has 1 aromatic rings. The SMILES string of the molecule is CCC1(C(=O)O)CCN(C(=O)Cn2cncn2)CC1. The van der Waals surface area contributed by atoms with E-state index in [0.29, 0.717) is 32.4 Å². The van der Waals surface area contributed by atoms with Crippen LogP contribution in [-0.2, 0) is 16.1 Å². The van der Waals surface area contributed by atoms with Crippen molar-refractivity contribution in [1.29, 1.82) is 0 Å². The maximum atomic E-state index is 12.0. The van der Waals surface area contributed by atoms with Gasteiger partial charge in [-0.15, -0.1) is 0 Å². The van der Waals surface area contributed by atoms with Gasteiger partial charge in [-0.25, -0.2) is 9.67 Å². The van der Waals surface area contributed by atoms with Gasteiger partial charge in [0, 0.05) is 13.1 Å². The molecular formula is C12H18N4O3. The number of hydrogen-bond acceptors (Lipinski definition) is 4. The van der Waals surface area contributed by atoms with E-state index in [1.165, 1.54) is 17.3 Å². The van der Waals surface area contributed by atoms with Gasteiger partial charge >= 0.3 is 5.97 Å². The molecule has 2 heterocycles. The van der Waals surface area contributed by atoms with E-state index in [1.54, 1.807) is 4.90 Å². The maximum absolute atomic E-state index is 12.0. The van der Waals surface area contributed by atoms with Crippen LogP contribution < -0.4 is 0 Å². The van der Waals surface area contributed by atoms with Crippen LogP contribution in [0, 0.1) is 5.41 Å². The minimum absolute atomic E-state index is 0.0411. The van der Waals surface area contributed by atoms with Crippen molar-refractivity contribution in [2.45, 2.75) is 32.7 Å². The van der Waals surface area contributed by atoms with Crippen molar-refractivity contribution in [2.75, 3.05) is 13.1 Å².